The van der Waals surface area contributed by atoms with Crippen LogP contribution in [-0.2, 0) is 9.47 Å². The zero-order valence-corrected chi connectivity index (χ0v) is 19.0. The molecule has 4 atom stereocenters. The van der Waals surface area contributed by atoms with E-state index in [4.69, 9.17) is 9.47 Å². The molecule has 4 unspecified atom stereocenters. The van der Waals surface area contributed by atoms with Crippen molar-refractivity contribution in [1.82, 2.24) is 0 Å². The van der Waals surface area contributed by atoms with Crippen molar-refractivity contribution >= 4 is 0 Å². The van der Waals surface area contributed by atoms with Gasteiger partial charge in [-0.3, -0.25) is 0 Å². The van der Waals surface area contributed by atoms with Gasteiger partial charge in [-0.05, 0) is 51.4 Å². The van der Waals surface area contributed by atoms with Crippen molar-refractivity contribution in [2.24, 2.45) is 17.8 Å². The molecular weight excluding hydrogens is 320 g/mol. The van der Waals surface area contributed by atoms with Crippen molar-refractivity contribution in [3.8, 4) is 0 Å². The largest absolute Gasteiger partial charge is 0.353 e. The summed E-state index contributed by atoms with van der Waals surface area (Å²) in [7, 11) is 0. The van der Waals surface area contributed by atoms with Crippen molar-refractivity contribution < 1.29 is 9.47 Å². The van der Waals surface area contributed by atoms with Crippen LogP contribution in [0.1, 0.15) is 106 Å². The molecule has 156 valence electrons. The van der Waals surface area contributed by atoms with Crippen LogP contribution in [0.4, 0.5) is 0 Å². The van der Waals surface area contributed by atoms with Crippen LogP contribution in [0.25, 0.3) is 0 Å². The summed E-state index contributed by atoms with van der Waals surface area (Å²) >= 11 is 0. The van der Waals surface area contributed by atoms with E-state index in [1.807, 2.05) is 19.9 Å². The zero-order valence-electron chi connectivity index (χ0n) is 19.0. The predicted molar refractivity (Wildman–Crippen MR) is 115 cm³/mol. The van der Waals surface area contributed by atoms with Gasteiger partial charge in [0.15, 0.2) is 6.29 Å². The van der Waals surface area contributed by atoms with Gasteiger partial charge in [-0.1, -0.05) is 78.7 Å². The van der Waals surface area contributed by atoms with Gasteiger partial charge in [0, 0.05) is 6.61 Å². The summed E-state index contributed by atoms with van der Waals surface area (Å²) in [6.07, 6.45) is 13.6. The van der Waals surface area contributed by atoms with Crippen LogP contribution in [0.5, 0.6) is 0 Å². The summed E-state index contributed by atoms with van der Waals surface area (Å²) in [5, 5.41) is 0. The predicted octanol–water partition coefficient (Wildman–Crippen LogP) is 7.77. The Balaban J connectivity index is 3.89. The van der Waals surface area contributed by atoms with Crippen LogP contribution in [0.3, 0.4) is 0 Å². The minimum Gasteiger partial charge on any atom is -0.353 e. The second-order valence-corrected chi connectivity index (χ2v) is 9.02. The molecule has 0 fully saturated rings. The molecule has 0 aliphatic carbocycles. The minimum absolute atomic E-state index is 0.169. The first-order chi connectivity index (χ1) is 12.2. The lowest BCUT2D eigenvalue weighted by Crippen LogP contribution is -2.31. The minimum atomic E-state index is -0.279. The van der Waals surface area contributed by atoms with E-state index < -0.39 is 0 Å². The Bertz CT molecular complexity index is 339. The Kier molecular flexibility index (Phi) is 14.5. The fourth-order valence-corrected chi connectivity index (χ4v) is 3.64. The van der Waals surface area contributed by atoms with Gasteiger partial charge in [0.05, 0.1) is 5.60 Å². The highest BCUT2D eigenvalue weighted by Crippen LogP contribution is 2.26. The number of hydrogen-bond acceptors (Lipinski definition) is 2. The van der Waals surface area contributed by atoms with E-state index in [-0.39, 0.29) is 11.9 Å². The molecule has 0 radical (unpaired) electrons. The quantitative estimate of drug-likeness (QED) is 0.193. The molecule has 0 amide bonds. The van der Waals surface area contributed by atoms with Gasteiger partial charge in [-0.25, -0.2) is 0 Å². The first-order valence-corrected chi connectivity index (χ1v) is 11.1. The van der Waals surface area contributed by atoms with E-state index in [0.717, 1.165) is 24.2 Å². The number of hydrogen-bond donors (Lipinski definition) is 0. The van der Waals surface area contributed by atoms with Crippen molar-refractivity contribution in [3.63, 3.8) is 0 Å². The summed E-state index contributed by atoms with van der Waals surface area (Å²) in [4.78, 5) is 0. The van der Waals surface area contributed by atoms with Gasteiger partial charge in [0.25, 0.3) is 0 Å². The Hall–Kier alpha value is -0.340. The van der Waals surface area contributed by atoms with Crippen LogP contribution in [0, 0.1) is 17.8 Å². The molecule has 2 nitrogen and oxygen atoms in total. The summed E-state index contributed by atoms with van der Waals surface area (Å²) in [5.41, 5.74) is -0.279. The molecule has 0 bridgehead atoms. The van der Waals surface area contributed by atoms with E-state index in [2.05, 4.69) is 41.2 Å². The highest BCUT2D eigenvalue weighted by atomic mass is 16.7. The molecule has 0 aliphatic heterocycles. The molecule has 0 aromatic heterocycles. The van der Waals surface area contributed by atoms with Crippen molar-refractivity contribution in [2.75, 3.05) is 6.61 Å². The third kappa shape index (κ3) is 13.8. The van der Waals surface area contributed by atoms with Crippen LogP contribution in [-0.4, -0.2) is 18.5 Å². The topological polar surface area (TPSA) is 18.5 Å². The van der Waals surface area contributed by atoms with Crippen LogP contribution in [0.2, 0.25) is 0 Å². The Morgan fingerprint density at radius 2 is 1.35 bits per heavy atom. The highest BCUT2D eigenvalue weighted by molar-refractivity contribution is 4.93. The number of ether oxygens (including phenoxy) is 2. The van der Waals surface area contributed by atoms with Crippen LogP contribution in [0.15, 0.2) is 12.7 Å². The monoisotopic (exact) mass is 368 g/mol. The SMILES string of the molecule is C=CC(C)(CCCC(C)CCCC(C)CCCC(C)C)OC(C)OCC. The first kappa shape index (κ1) is 25.7. The molecule has 0 saturated heterocycles. The maximum atomic E-state index is 6.04. The second-order valence-electron chi connectivity index (χ2n) is 9.02. The van der Waals surface area contributed by atoms with Gasteiger partial charge in [-0.15, -0.1) is 6.58 Å². The Labute approximate surface area is 165 Å². The fourth-order valence-electron chi connectivity index (χ4n) is 3.64. The standard InChI is InChI=1S/C24H48O2/c1-9-24(8,26-23(7)25-10-2)19-13-18-22(6)17-12-16-21(5)15-11-14-20(3)4/h9,20-23H,1,10-19H2,2-8H3. The van der Waals surface area contributed by atoms with E-state index in [9.17, 15) is 0 Å². The summed E-state index contributed by atoms with van der Waals surface area (Å²) < 4.78 is 11.5. The van der Waals surface area contributed by atoms with Crippen molar-refractivity contribution in [2.45, 2.75) is 118 Å². The summed E-state index contributed by atoms with van der Waals surface area (Å²) in [5.74, 6) is 2.54. The lowest BCUT2D eigenvalue weighted by atomic mass is 9.90. The van der Waals surface area contributed by atoms with Gasteiger partial charge in [-0.2, -0.15) is 0 Å². The molecule has 0 spiro atoms. The van der Waals surface area contributed by atoms with Gasteiger partial charge in [0.2, 0.25) is 0 Å². The normalized spacial score (nSPS) is 17.7. The molecule has 0 aromatic rings. The van der Waals surface area contributed by atoms with Crippen molar-refractivity contribution in [3.05, 3.63) is 12.7 Å². The molecule has 0 heterocycles. The van der Waals surface area contributed by atoms with Gasteiger partial charge < -0.3 is 9.47 Å². The maximum Gasteiger partial charge on any atom is 0.155 e. The number of rotatable bonds is 17. The molecule has 0 aromatic carbocycles. The second kappa shape index (κ2) is 14.7. The van der Waals surface area contributed by atoms with Gasteiger partial charge >= 0.3 is 0 Å². The Morgan fingerprint density at radius 1 is 0.846 bits per heavy atom. The zero-order chi connectivity index (χ0) is 20.0. The molecule has 0 saturated carbocycles. The lowest BCUT2D eigenvalue weighted by Gasteiger charge is -2.30. The molecule has 0 aliphatic rings. The third-order valence-corrected chi connectivity index (χ3v) is 5.51. The summed E-state index contributed by atoms with van der Waals surface area (Å²) in [6.45, 7) is 20.2. The molecule has 2 heteroatoms. The van der Waals surface area contributed by atoms with E-state index in [0.29, 0.717) is 6.61 Å². The van der Waals surface area contributed by atoms with Crippen molar-refractivity contribution in [1.29, 1.82) is 0 Å². The molecule has 0 rings (SSSR count). The molecular formula is C24H48O2. The average molecular weight is 369 g/mol. The van der Waals surface area contributed by atoms with Crippen LogP contribution >= 0.6 is 0 Å². The highest BCUT2D eigenvalue weighted by Gasteiger charge is 2.23. The van der Waals surface area contributed by atoms with Crippen LogP contribution < -0.4 is 0 Å². The fraction of sp³-hybridized carbons (Fsp3) is 0.917. The third-order valence-electron chi connectivity index (χ3n) is 5.51. The lowest BCUT2D eigenvalue weighted by molar-refractivity contribution is -0.180. The maximum absolute atomic E-state index is 6.04. The van der Waals surface area contributed by atoms with Gasteiger partial charge in [0.1, 0.15) is 0 Å². The average Bonchev–Trinajstić information content (AvgIpc) is 2.54. The van der Waals surface area contributed by atoms with E-state index >= 15 is 0 Å². The summed E-state index contributed by atoms with van der Waals surface area (Å²) in [6, 6.07) is 0. The van der Waals surface area contributed by atoms with E-state index in [1.54, 1.807) is 0 Å². The molecule has 26 heavy (non-hydrogen) atoms. The smallest absolute Gasteiger partial charge is 0.155 e. The van der Waals surface area contributed by atoms with E-state index in [1.165, 1.54) is 51.4 Å². The first-order valence-electron chi connectivity index (χ1n) is 11.1. The molecule has 0 N–H and O–H groups in total. The Morgan fingerprint density at radius 3 is 1.81 bits per heavy atom.